The van der Waals surface area contributed by atoms with Crippen molar-refractivity contribution in [3.05, 3.63) is 42.0 Å². The van der Waals surface area contributed by atoms with Gasteiger partial charge in [-0.1, -0.05) is 23.4 Å². The number of amides is 1. The Balaban J connectivity index is 1.37. The summed E-state index contributed by atoms with van der Waals surface area (Å²) in [6, 6.07) is 9.54. The minimum Gasteiger partial charge on any atom is -0.491 e. The molecule has 0 saturated carbocycles. The lowest BCUT2D eigenvalue weighted by atomic mass is 9.97. The zero-order valence-electron chi connectivity index (χ0n) is 14.4. The van der Waals surface area contributed by atoms with Crippen LogP contribution in [0.3, 0.4) is 0 Å². The van der Waals surface area contributed by atoms with E-state index < -0.39 is 0 Å². The van der Waals surface area contributed by atoms with Crippen LogP contribution in [-0.4, -0.2) is 53.9 Å². The van der Waals surface area contributed by atoms with Gasteiger partial charge in [-0.15, -0.1) is 0 Å². The Morgan fingerprint density at radius 2 is 2.16 bits per heavy atom. The van der Waals surface area contributed by atoms with Crippen molar-refractivity contribution < 1.29 is 18.8 Å². The first-order chi connectivity index (χ1) is 12.2. The smallest absolute Gasteiger partial charge is 0.248 e. The summed E-state index contributed by atoms with van der Waals surface area (Å²) < 4.78 is 16.0. The molecule has 1 aromatic carbocycles. The lowest BCUT2D eigenvalue weighted by Gasteiger charge is -2.31. The Hall–Kier alpha value is -2.41. The molecule has 25 heavy (non-hydrogen) atoms. The fraction of sp³-hybridized carbons (Fsp3) is 0.500. The molecular formula is C18H23N3O4. The zero-order chi connectivity index (χ0) is 17.5. The summed E-state index contributed by atoms with van der Waals surface area (Å²) in [7, 11) is 0. The van der Waals surface area contributed by atoms with Crippen LogP contribution in [0.1, 0.15) is 30.5 Å². The topological polar surface area (TPSA) is 77.7 Å². The highest BCUT2D eigenvalue weighted by Crippen LogP contribution is 2.24. The molecule has 0 spiro atoms. The molecule has 1 atom stereocenters. The molecule has 0 bridgehead atoms. The molecule has 0 radical (unpaired) electrons. The number of likely N-dealkylation sites (tertiary alicyclic amines) is 1. The van der Waals surface area contributed by atoms with Crippen LogP contribution in [0.4, 0.5) is 0 Å². The van der Waals surface area contributed by atoms with E-state index in [0.29, 0.717) is 31.5 Å². The van der Waals surface area contributed by atoms with Gasteiger partial charge in [0.2, 0.25) is 11.8 Å². The molecule has 3 rings (SSSR count). The number of piperidine rings is 1. The second-order valence-electron chi connectivity index (χ2n) is 6.06. The van der Waals surface area contributed by atoms with Crippen LogP contribution in [0.15, 0.2) is 34.9 Å². The molecule has 1 fully saturated rings. The van der Waals surface area contributed by atoms with Gasteiger partial charge in [0.1, 0.15) is 19.0 Å². The van der Waals surface area contributed by atoms with Crippen LogP contribution >= 0.6 is 0 Å². The van der Waals surface area contributed by atoms with E-state index in [0.717, 1.165) is 25.1 Å². The summed E-state index contributed by atoms with van der Waals surface area (Å²) in [5.74, 6) is 2.17. The summed E-state index contributed by atoms with van der Waals surface area (Å²) in [5, 5.41) is 3.98. The maximum Gasteiger partial charge on any atom is 0.248 e. The highest BCUT2D eigenvalue weighted by molar-refractivity contribution is 5.77. The van der Waals surface area contributed by atoms with Crippen LogP contribution in [0.5, 0.6) is 5.75 Å². The van der Waals surface area contributed by atoms with E-state index in [4.69, 9.17) is 14.0 Å². The first-order valence-electron chi connectivity index (χ1n) is 8.56. The number of aromatic nitrogens is 2. The van der Waals surface area contributed by atoms with Crippen LogP contribution in [0.25, 0.3) is 0 Å². The van der Waals surface area contributed by atoms with Crippen molar-refractivity contribution in [3.63, 3.8) is 0 Å². The van der Waals surface area contributed by atoms with Gasteiger partial charge >= 0.3 is 0 Å². The van der Waals surface area contributed by atoms with Crippen molar-refractivity contribution in [2.24, 2.45) is 0 Å². The molecule has 134 valence electrons. The van der Waals surface area contributed by atoms with Crippen molar-refractivity contribution >= 4 is 5.91 Å². The maximum absolute atomic E-state index is 12.3. The lowest BCUT2D eigenvalue weighted by molar-refractivity contribution is -0.137. The van der Waals surface area contributed by atoms with Crippen LogP contribution in [-0.2, 0) is 9.53 Å². The highest BCUT2D eigenvalue weighted by Gasteiger charge is 2.27. The largest absolute Gasteiger partial charge is 0.491 e. The standard InChI is InChI=1S/C18H23N3O4/c1-14-19-18(20-25-14)15-6-5-9-21(12-15)17(22)13-23-10-11-24-16-7-3-2-4-8-16/h2-4,7-8,15H,5-6,9-13H2,1H3. The first kappa shape index (κ1) is 17.4. The second-order valence-corrected chi connectivity index (χ2v) is 6.06. The monoisotopic (exact) mass is 345 g/mol. The molecule has 0 N–H and O–H groups in total. The second kappa shape index (κ2) is 8.62. The average Bonchev–Trinajstić information content (AvgIpc) is 3.09. The number of nitrogens with zero attached hydrogens (tertiary/aromatic N) is 3. The molecule has 0 aliphatic carbocycles. The third kappa shape index (κ3) is 5.03. The molecule has 1 aliphatic rings. The Kier molecular flexibility index (Phi) is 6.00. The maximum atomic E-state index is 12.3. The van der Waals surface area contributed by atoms with Gasteiger partial charge in [-0.2, -0.15) is 4.98 Å². The first-order valence-corrected chi connectivity index (χ1v) is 8.56. The van der Waals surface area contributed by atoms with Gasteiger partial charge in [-0.3, -0.25) is 4.79 Å². The molecule has 1 amide bonds. The lowest BCUT2D eigenvalue weighted by Crippen LogP contribution is -2.41. The summed E-state index contributed by atoms with van der Waals surface area (Å²) in [6.07, 6.45) is 1.90. The molecule has 1 saturated heterocycles. The third-order valence-electron chi connectivity index (χ3n) is 4.15. The van der Waals surface area contributed by atoms with Gasteiger partial charge in [-0.05, 0) is 25.0 Å². The van der Waals surface area contributed by atoms with Crippen molar-refractivity contribution in [1.29, 1.82) is 0 Å². The van der Waals surface area contributed by atoms with Gasteiger partial charge in [0.15, 0.2) is 5.82 Å². The Bertz CT molecular complexity index is 674. The Morgan fingerprint density at radius 1 is 1.32 bits per heavy atom. The third-order valence-corrected chi connectivity index (χ3v) is 4.15. The van der Waals surface area contributed by atoms with E-state index >= 15 is 0 Å². The van der Waals surface area contributed by atoms with Crippen molar-refractivity contribution in [1.82, 2.24) is 15.0 Å². The van der Waals surface area contributed by atoms with Gasteiger partial charge in [0, 0.05) is 25.9 Å². The molecule has 1 aromatic heterocycles. The van der Waals surface area contributed by atoms with Gasteiger partial charge in [-0.25, -0.2) is 0 Å². The SMILES string of the molecule is Cc1nc(C2CCCN(C(=O)COCCOc3ccccc3)C2)no1. The number of rotatable bonds is 7. The molecule has 1 aliphatic heterocycles. The van der Waals surface area contributed by atoms with E-state index in [-0.39, 0.29) is 18.4 Å². The van der Waals surface area contributed by atoms with Crippen LogP contribution < -0.4 is 4.74 Å². The number of para-hydroxylation sites is 1. The minimum atomic E-state index is -0.00960. The average molecular weight is 345 g/mol. The van der Waals surface area contributed by atoms with Gasteiger partial charge < -0.3 is 18.9 Å². The van der Waals surface area contributed by atoms with Crippen LogP contribution in [0.2, 0.25) is 0 Å². The molecule has 7 heteroatoms. The quantitative estimate of drug-likeness (QED) is 0.716. The van der Waals surface area contributed by atoms with E-state index in [9.17, 15) is 4.79 Å². The van der Waals surface area contributed by atoms with Gasteiger partial charge in [0.05, 0.1) is 6.61 Å². The van der Waals surface area contributed by atoms with Crippen LogP contribution in [0, 0.1) is 6.92 Å². The molecule has 1 unspecified atom stereocenters. The summed E-state index contributed by atoms with van der Waals surface area (Å²) in [6.45, 7) is 3.99. The number of benzene rings is 1. The Labute approximate surface area is 146 Å². The minimum absolute atomic E-state index is 0.00960. The number of carbonyl (C=O) groups excluding carboxylic acids is 1. The number of aryl methyl sites for hydroxylation is 1. The summed E-state index contributed by atoms with van der Waals surface area (Å²) in [4.78, 5) is 18.4. The molecule has 2 aromatic rings. The van der Waals surface area contributed by atoms with Gasteiger partial charge in [0.25, 0.3) is 0 Å². The molecule has 2 heterocycles. The number of hydrogen-bond donors (Lipinski definition) is 0. The van der Waals surface area contributed by atoms with E-state index in [1.165, 1.54) is 0 Å². The summed E-state index contributed by atoms with van der Waals surface area (Å²) in [5.41, 5.74) is 0. The Morgan fingerprint density at radius 3 is 2.92 bits per heavy atom. The van der Waals surface area contributed by atoms with E-state index in [1.807, 2.05) is 35.2 Å². The molecule has 7 nitrogen and oxygen atoms in total. The summed E-state index contributed by atoms with van der Waals surface area (Å²) >= 11 is 0. The van der Waals surface area contributed by atoms with Crippen molar-refractivity contribution in [2.45, 2.75) is 25.7 Å². The fourth-order valence-corrected chi connectivity index (χ4v) is 2.88. The van der Waals surface area contributed by atoms with E-state index in [1.54, 1.807) is 6.92 Å². The number of hydrogen-bond acceptors (Lipinski definition) is 6. The predicted octanol–water partition coefficient (Wildman–Crippen LogP) is 2.18. The van der Waals surface area contributed by atoms with E-state index in [2.05, 4.69) is 10.1 Å². The zero-order valence-corrected chi connectivity index (χ0v) is 14.4. The molecular weight excluding hydrogens is 322 g/mol. The number of ether oxygens (including phenoxy) is 2. The van der Waals surface area contributed by atoms with Crippen molar-refractivity contribution in [3.8, 4) is 5.75 Å². The normalized spacial score (nSPS) is 17.5. The highest BCUT2D eigenvalue weighted by atomic mass is 16.5. The number of carbonyl (C=O) groups is 1. The fourth-order valence-electron chi connectivity index (χ4n) is 2.88. The van der Waals surface area contributed by atoms with Crippen molar-refractivity contribution in [2.75, 3.05) is 32.9 Å². The predicted molar refractivity (Wildman–Crippen MR) is 90.3 cm³/mol.